The van der Waals surface area contributed by atoms with E-state index < -0.39 is 12.2 Å². The summed E-state index contributed by atoms with van der Waals surface area (Å²) in [7, 11) is 0. The molecule has 2 unspecified atom stereocenters. The highest BCUT2D eigenvalue weighted by Crippen LogP contribution is 2.31. The minimum absolute atomic E-state index is 0.104. The van der Waals surface area contributed by atoms with Gasteiger partial charge >= 0.3 is 0 Å². The lowest BCUT2D eigenvalue weighted by atomic mass is 10.0. The molecule has 0 bridgehead atoms. The number of ether oxygens (including phenoxy) is 1. The minimum atomic E-state index is -0.440. The van der Waals surface area contributed by atoms with Gasteiger partial charge in [0.2, 0.25) is 0 Å². The van der Waals surface area contributed by atoms with Crippen LogP contribution in [0.2, 0.25) is 0 Å². The van der Waals surface area contributed by atoms with E-state index >= 15 is 0 Å². The number of carbonyl (C=O) groups is 1. The van der Waals surface area contributed by atoms with Crippen molar-refractivity contribution in [3.05, 3.63) is 28.8 Å². The molecular weight excluding hydrogens is 242 g/mol. The van der Waals surface area contributed by atoms with Crippen LogP contribution in [0.25, 0.3) is 0 Å². The first-order valence-corrected chi connectivity index (χ1v) is 6.70. The summed E-state index contributed by atoms with van der Waals surface area (Å²) in [5, 5.41) is 11.9. The molecule has 1 aliphatic heterocycles. The van der Waals surface area contributed by atoms with Gasteiger partial charge < -0.3 is 15.2 Å². The van der Waals surface area contributed by atoms with Crippen molar-refractivity contribution >= 4 is 5.91 Å². The number of aliphatic hydroxyl groups excluding tert-OH is 1. The first-order valence-electron chi connectivity index (χ1n) is 6.70. The van der Waals surface area contributed by atoms with Gasteiger partial charge in [0.1, 0.15) is 5.75 Å². The lowest BCUT2D eigenvalue weighted by Gasteiger charge is -2.12. The Kier molecular flexibility index (Phi) is 4.10. The van der Waals surface area contributed by atoms with Gasteiger partial charge in [0.15, 0.2) is 6.10 Å². The number of hydrogen-bond donors (Lipinski definition) is 2. The average Bonchev–Trinajstić information content (AvgIpc) is 2.72. The van der Waals surface area contributed by atoms with Crippen LogP contribution in [0, 0.1) is 13.8 Å². The van der Waals surface area contributed by atoms with Crippen molar-refractivity contribution < 1.29 is 14.6 Å². The number of carbonyl (C=O) groups excluding carboxylic acids is 1. The van der Waals surface area contributed by atoms with Gasteiger partial charge in [-0.3, -0.25) is 4.79 Å². The summed E-state index contributed by atoms with van der Waals surface area (Å²) in [5.41, 5.74) is 3.49. The second-order valence-electron chi connectivity index (χ2n) is 5.28. The standard InChI is InChI=1S/C15H21NO3/c1-9-6-12-8-14(19-13(12)7-10(9)2)15(18)16-5-4-11(3)17/h6-7,11,14,17H,4-5,8H2,1-3H3,(H,16,18). The Morgan fingerprint density at radius 2 is 2.16 bits per heavy atom. The number of benzene rings is 1. The highest BCUT2D eigenvalue weighted by Gasteiger charge is 2.29. The van der Waals surface area contributed by atoms with Crippen LogP contribution in [0.5, 0.6) is 5.75 Å². The summed E-state index contributed by atoms with van der Waals surface area (Å²) < 4.78 is 5.69. The zero-order chi connectivity index (χ0) is 14.0. The Bertz CT molecular complexity index is 452. The molecule has 19 heavy (non-hydrogen) atoms. The van der Waals surface area contributed by atoms with Crippen molar-refractivity contribution in [2.75, 3.05) is 6.54 Å². The second kappa shape index (κ2) is 5.61. The summed E-state index contributed by atoms with van der Waals surface area (Å²) in [4.78, 5) is 11.9. The second-order valence-corrected chi connectivity index (χ2v) is 5.28. The maximum Gasteiger partial charge on any atom is 0.261 e. The van der Waals surface area contributed by atoms with Crippen LogP contribution >= 0.6 is 0 Å². The van der Waals surface area contributed by atoms with Crippen molar-refractivity contribution in [2.45, 2.75) is 45.8 Å². The van der Waals surface area contributed by atoms with Crippen LogP contribution in [0.4, 0.5) is 0 Å². The van der Waals surface area contributed by atoms with E-state index in [2.05, 4.69) is 18.3 Å². The fourth-order valence-electron chi connectivity index (χ4n) is 2.18. The van der Waals surface area contributed by atoms with E-state index in [0.717, 1.165) is 11.3 Å². The van der Waals surface area contributed by atoms with Gasteiger partial charge in [0.05, 0.1) is 6.10 Å². The zero-order valence-corrected chi connectivity index (χ0v) is 11.7. The van der Waals surface area contributed by atoms with E-state index in [9.17, 15) is 4.79 Å². The van der Waals surface area contributed by atoms with E-state index in [4.69, 9.17) is 9.84 Å². The third kappa shape index (κ3) is 3.26. The minimum Gasteiger partial charge on any atom is -0.480 e. The molecule has 0 aliphatic carbocycles. The van der Waals surface area contributed by atoms with Crippen molar-refractivity contribution in [3.8, 4) is 5.75 Å². The Labute approximate surface area is 113 Å². The van der Waals surface area contributed by atoms with E-state index in [1.54, 1.807) is 6.92 Å². The zero-order valence-electron chi connectivity index (χ0n) is 11.7. The molecule has 4 heteroatoms. The summed E-state index contributed by atoms with van der Waals surface area (Å²) >= 11 is 0. The Morgan fingerprint density at radius 3 is 2.84 bits per heavy atom. The van der Waals surface area contributed by atoms with Crippen LogP contribution in [-0.4, -0.2) is 29.8 Å². The lowest BCUT2D eigenvalue weighted by Crippen LogP contribution is -2.38. The van der Waals surface area contributed by atoms with Gasteiger partial charge in [0, 0.05) is 13.0 Å². The van der Waals surface area contributed by atoms with Crippen molar-refractivity contribution in [2.24, 2.45) is 0 Å². The van der Waals surface area contributed by atoms with Crippen LogP contribution < -0.4 is 10.1 Å². The third-order valence-corrected chi connectivity index (χ3v) is 3.51. The fraction of sp³-hybridized carbons (Fsp3) is 0.533. The third-order valence-electron chi connectivity index (χ3n) is 3.51. The van der Waals surface area contributed by atoms with Gasteiger partial charge in [-0.1, -0.05) is 6.07 Å². The number of aliphatic hydroxyl groups is 1. The Morgan fingerprint density at radius 1 is 1.47 bits per heavy atom. The first-order chi connectivity index (χ1) is 8.97. The number of rotatable bonds is 4. The van der Waals surface area contributed by atoms with Crippen molar-refractivity contribution in [1.82, 2.24) is 5.32 Å². The van der Waals surface area contributed by atoms with E-state index in [1.807, 2.05) is 13.0 Å². The highest BCUT2D eigenvalue weighted by atomic mass is 16.5. The fourth-order valence-corrected chi connectivity index (χ4v) is 2.18. The maximum absolute atomic E-state index is 11.9. The summed E-state index contributed by atoms with van der Waals surface area (Å²) in [5.74, 6) is 0.714. The van der Waals surface area contributed by atoms with Crippen LogP contribution in [0.3, 0.4) is 0 Å². The number of nitrogens with one attached hydrogen (secondary N) is 1. The Hall–Kier alpha value is -1.55. The van der Waals surface area contributed by atoms with E-state index in [1.165, 1.54) is 11.1 Å². The van der Waals surface area contributed by atoms with Crippen molar-refractivity contribution in [1.29, 1.82) is 0 Å². The number of amides is 1. The van der Waals surface area contributed by atoms with Crippen LogP contribution in [0.1, 0.15) is 30.0 Å². The predicted molar refractivity (Wildman–Crippen MR) is 73.3 cm³/mol. The van der Waals surface area contributed by atoms with Gasteiger partial charge in [-0.05, 0) is 49.9 Å². The number of aryl methyl sites for hydroxylation is 2. The largest absolute Gasteiger partial charge is 0.480 e. The molecule has 4 nitrogen and oxygen atoms in total. The summed E-state index contributed by atoms with van der Waals surface area (Å²) in [6, 6.07) is 4.08. The summed E-state index contributed by atoms with van der Waals surface area (Å²) in [6.07, 6.45) is 0.345. The smallest absolute Gasteiger partial charge is 0.261 e. The molecule has 1 heterocycles. The molecule has 0 saturated carbocycles. The highest BCUT2D eigenvalue weighted by molar-refractivity contribution is 5.82. The topological polar surface area (TPSA) is 58.6 Å². The van der Waals surface area contributed by atoms with Crippen LogP contribution in [-0.2, 0) is 11.2 Å². The molecule has 1 amide bonds. The molecule has 1 aromatic rings. The predicted octanol–water partition coefficient (Wildman–Crippen LogP) is 1.49. The SMILES string of the molecule is Cc1cc2c(cc1C)OC(C(=O)NCCC(C)O)C2. The quantitative estimate of drug-likeness (QED) is 0.865. The van der Waals surface area contributed by atoms with Crippen molar-refractivity contribution in [3.63, 3.8) is 0 Å². The molecule has 0 radical (unpaired) electrons. The Balaban J connectivity index is 1.94. The molecular formula is C15H21NO3. The molecule has 0 fully saturated rings. The normalized spacial score (nSPS) is 18.6. The van der Waals surface area contributed by atoms with Gasteiger partial charge in [0.25, 0.3) is 5.91 Å². The molecule has 1 aliphatic rings. The molecule has 0 saturated heterocycles. The van der Waals surface area contributed by atoms with E-state index in [0.29, 0.717) is 19.4 Å². The molecule has 104 valence electrons. The maximum atomic E-state index is 11.9. The van der Waals surface area contributed by atoms with Gasteiger partial charge in [-0.15, -0.1) is 0 Å². The molecule has 2 rings (SSSR count). The molecule has 2 atom stereocenters. The number of fused-ring (bicyclic) bond motifs is 1. The monoisotopic (exact) mass is 263 g/mol. The van der Waals surface area contributed by atoms with Gasteiger partial charge in [-0.25, -0.2) is 0 Å². The molecule has 2 N–H and O–H groups in total. The first kappa shape index (κ1) is 13.9. The molecule has 0 spiro atoms. The van der Waals surface area contributed by atoms with Gasteiger partial charge in [-0.2, -0.15) is 0 Å². The van der Waals surface area contributed by atoms with Crippen LogP contribution in [0.15, 0.2) is 12.1 Å². The number of hydrogen-bond acceptors (Lipinski definition) is 3. The average molecular weight is 263 g/mol. The molecule has 1 aromatic carbocycles. The lowest BCUT2D eigenvalue weighted by molar-refractivity contribution is -0.127. The van der Waals surface area contributed by atoms with E-state index in [-0.39, 0.29) is 5.91 Å². The molecule has 0 aromatic heterocycles. The summed E-state index contributed by atoms with van der Waals surface area (Å²) in [6.45, 7) is 6.28.